The van der Waals surface area contributed by atoms with Crippen molar-refractivity contribution in [2.75, 3.05) is 37.7 Å². The van der Waals surface area contributed by atoms with Gasteiger partial charge in [-0.2, -0.15) is 0 Å². The molecule has 1 aromatic heterocycles. The molecule has 0 bridgehead atoms. The fraction of sp³-hybridized carbons (Fsp3) is 0.500. The van der Waals surface area contributed by atoms with Crippen LogP contribution < -0.4 is 10.2 Å². The zero-order chi connectivity index (χ0) is 20.8. The maximum Gasteiger partial charge on any atom is 0.317 e. The molecule has 2 saturated heterocycles. The van der Waals surface area contributed by atoms with Gasteiger partial charge in [0.15, 0.2) is 0 Å². The summed E-state index contributed by atoms with van der Waals surface area (Å²) in [5, 5.41) is 3.09. The first-order valence-corrected chi connectivity index (χ1v) is 11.1. The van der Waals surface area contributed by atoms with Gasteiger partial charge in [0.1, 0.15) is 5.82 Å². The van der Waals surface area contributed by atoms with Crippen molar-refractivity contribution < 1.29 is 9.53 Å². The number of hydrogen-bond donors (Lipinski definition) is 1. The van der Waals surface area contributed by atoms with Crippen LogP contribution in [0.15, 0.2) is 42.5 Å². The number of aromatic nitrogens is 1. The van der Waals surface area contributed by atoms with Gasteiger partial charge in [-0.05, 0) is 55.9 Å². The van der Waals surface area contributed by atoms with Crippen LogP contribution >= 0.6 is 0 Å². The Balaban J connectivity index is 1.28. The number of nitrogens with zero attached hydrogens (tertiary/aromatic N) is 3. The third-order valence-corrected chi connectivity index (χ3v) is 5.90. The summed E-state index contributed by atoms with van der Waals surface area (Å²) in [6.45, 7) is 6.57. The number of nitrogens with one attached hydrogen (secondary N) is 1. The van der Waals surface area contributed by atoms with E-state index < -0.39 is 0 Å². The molecule has 1 N–H and O–H groups in total. The van der Waals surface area contributed by atoms with Crippen molar-refractivity contribution >= 4 is 11.8 Å². The standard InChI is InChI=1S/C24H32N4O2/c1-19-15-21(16-23(26-19)27-11-5-6-12-27)17-25-24(29)28-13-14-30-22(18-28)10-9-20-7-3-2-4-8-20/h2-4,7-8,15-16,22H,5-6,9-14,17-18H2,1H3,(H,25,29). The molecule has 2 aliphatic rings. The molecule has 30 heavy (non-hydrogen) atoms. The molecule has 0 saturated carbocycles. The van der Waals surface area contributed by atoms with Gasteiger partial charge < -0.3 is 19.9 Å². The predicted molar refractivity (Wildman–Crippen MR) is 119 cm³/mol. The van der Waals surface area contributed by atoms with Gasteiger partial charge in [-0.15, -0.1) is 0 Å². The van der Waals surface area contributed by atoms with Crippen LogP contribution in [0.2, 0.25) is 0 Å². The smallest absolute Gasteiger partial charge is 0.317 e. The number of carbonyl (C=O) groups excluding carboxylic acids is 1. The second kappa shape index (κ2) is 9.94. The lowest BCUT2D eigenvalue weighted by Crippen LogP contribution is -2.49. The Morgan fingerprint density at radius 2 is 1.93 bits per heavy atom. The Bertz CT molecular complexity index is 836. The van der Waals surface area contributed by atoms with Gasteiger partial charge in [-0.3, -0.25) is 0 Å². The predicted octanol–water partition coefficient (Wildman–Crippen LogP) is 3.53. The second-order valence-corrected chi connectivity index (χ2v) is 8.29. The highest BCUT2D eigenvalue weighted by molar-refractivity contribution is 5.74. The molecule has 4 rings (SSSR count). The SMILES string of the molecule is Cc1cc(CNC(=O)N2CCOC(CCc3ccccc3)C2)cc(N2CCCC2)n1. The first kappa shape index (κ1) is 20.7. The number of aryl methyl sites for hydroxylation is 2. The number of benzene rings is 1. The normalized spacial score (nSPS) is 19.2. The lowest BCUT2D eigenvalue weighted by Gasteiger charge is -2.33. The number of hydrogen-bond acceptors (Lipinski definition) is 4. The van der Waals surface area contributed by atoms with Gasteiger partial charge in [0.25, 0.3) is 0 Å². The molecule has 2 fully saturated rings. The van der Waals surface area contributed by atoms with E-state index in [1.165, 1.54) is 18.4 Å². The molecule has 0 radical (unpaired) electrons. The molecule has 0 aliphatic carbocycles. The second-order valence-electron chi connectivity index (χ2n) is 8.29. The van der Waals surface area contributed by atoms with Crippen LogP contribution in [-0.2, 0) is 17.7 Å². The fourth-order valence-electron chi connectivity index (χ4n) is 4.27. The molecule has 6 nitrogen and oxygen atoms in total. The zero-order valence-corrected chi connectivity index (χ0v) is 17.8. The van der Waals surface area contributed by atoms with Crippen molar-refractivity contribution in [3.8, 4) is 0 Å². The Morgan fingerprint density at radius 1 is 1.13 bits per heavy atom. The van der Waals surface area contributed by atoms with E-state index in [4.69, 9.17) is 4.74 Å². The summed E-state index contributed by atoms with van der Waals surface area (Å²) >= 11 is 0. The molecule has 1 unspecified atom stereocenters. The number of urea groups is 1. The van der Waals surface area contributed by atoms with Crippen LogP contribution in [0.4, 0.5) is 10.6 Å². The number of ether oxygens (including phenoxy) is 1. The molecule has 2 aliphatic heterocycles. The maximum atomic E-state index is 12.8. The molecule has 160 valence electrons. The highest BCUT2D eigenvalue weighted by atomic mass is 16.5. The highest BCUT2D eigenvalue weighted by Gasteiger charge is 2.24. The van der Waals surface area contributed by atoms with E-state index in [1.54, 1.807) is 0 Å². The van der Waals surface area contributed by atoms with Crippen LogP contribution in [0.3, 0.4) is 0 Å². The minimum absolute atomic E-state index is 0.0137. The lowest BCUT2D eigenvalue weighted by atomic mass is 10.1. The number of rotatable bonds is 6. The highest BCUT2D eigenvalue weighted by Crippen LogP contribution is 2.20. The van der Waals surface area contributed by atoms with E-state index in [2.05, 4.69) is 51.6 Å². The Kier molecular flexibility index (Phi) is 6.84. The van der Waals surface area contributed by atoms with Gasteiger partial charge in [-0.1, -0.05) is 30.3 Å². The zero-order valence-electron chi connectivity index (χ0n) is 17.8. The average molecular weight is 409 g/mol. The fourth-order valence-corrected chi connectivity index (χ4v) is 4.27. The van der Waals surface area contributed by atoms with Gasteiger partial charge in [-0.25, -0.2) is 9.78 Å². The van der Waals surface area contributed by atoms with Crippen LogP contribution in [0.25, 0.3) is 0 Å². The van der Waals surface area contributed by atoms with Crippen molar-refractivity contribution in [1.29, 1.82) is 0 Å². The number of pyridine rings is 1. The van der Waals surface area contributed by atoms with Crippen LogP contribution in [0, 0.1) is 6.92 Å². The van der Waals surface area contributed by atoms with Crippen molar-refractivity contribution in [3.05, 3.63) is 59.3 Å². The quantitative estimate of drug-likeness (QED) is 0.794. The van der Waals surface area contributed by atoms with E-state index >= 15 is 0 Å². The molecule has 2 aromatic rings. The van der Waals surface area contributed by atoms with E-state index in [9.17, 15) is 4.79 Å². The van der Waals surface area contributed by atoms with Crippen LogP contribution in [0.1, 0.15) is 36.1 Å². The third kappa shape index (κ3) is 5.51. The maximum absolute atomic E-state index is 12.8. The lowest BCUT2D eigenvalue weighted by molar-refractivity contribution is -0.0176. The minimum atomic E-state index is -0.0137. The summed E-state index contributed by atoms with van der Waals surface area (Å²) in [5.41, 5.74) is 3.41. The minimum Gasteiger partial charge on any atom is -0.375 e. The summed E-state index contributed by atoms with van der Waals surface area (Å²) < 4.78 is 5.90. The van der Waals surface area contributed by atoms with Gasteiger partial charge in [0.05, 0.1) is 12.7 Å². The topological polar surface area (TPSA) is 57.7 Å². The van der Waals surface area contributed by atoms with Crippen molar-refractivity contribution in [1.82, 2.24) is 15.2 Å². The monoisotopic (exact) mass is 408 g/mol. The first-order valence-electron chi connectivity index (χ1n) is 11.1. The summed E-state index contributed by atoms with van der Waals surface area (Å²) in [5.74, 6) is 1.03. The molecule has 3 heterocycles. The first-order chi connectivity index (χ1) is 14.7. The van der Waals surface area contributed by atoms with E-state index in [-0.39, 0.29) is 12.1 Å². The number of morpholine rings is 1. The van der Waals surface area contributed by atoms with Gasteiger partial charge in [0.2, 0.25) is 0 Å². The molecular weight excluding hydrogens is 376 g/mol. The summed E-state index contributed by atoms with van der Waals surface area (Å²) in [6.07, 6.45) is 4.44. The summed E-state index contributed by atoms with van der Waals surface area (Å²) in [6, 6.07) is 14.6. The molecule has 1 atom stereocenters. The van der Waals surface area contributed by atoms with E-state index in [1.807, 2.05) is 17.9 Å². The number of amides is 2. The number of anilines is 1. The van der Waals surface area contributed by atoms with E-state index in [0.717, 1.165) is 43.0 Å². The van der Waals surface area contributed by atoms with Crippen molar-refractivity contribution in [3.63, 3.8) is 0 Å². The largest absolute Gasteiger partial charge is 0.375 e. The van der Waals surface area contributed by atoms with Gasteiger partial charge >= 0.3 is 6.03 Å². The molecular formula is C24H32N4O2. The Morgan fingerprint density at radius 3 is 2.73 bits per heavy atom. The molecule has 0 spiro atoms. The third-order valence-electron chi connectivity index (χ3n) is 5.90. The van der Waals surface area contributed by atoms with Gasteiger partial charge in [0, 0.05) is 38.4 Å². The number of carbonyl (C=O) groups is 1. The summed E-state index contributed by atoms with van der Waals surface area (Å²) in [4.78, 5) is 21.6. The van der Waals surface area contributed by atoms with Crippen LogP contribution in [0.5, 0.6) is 0 Å². The van der Waals surface area contributed by atoms with E-state index in [0.29, 0.717) is 26.2 Å². The van der Waals surface area contributed by atoms with Crippen molar-refractivity contribution in [2.45, 2.75) is 45.3 Å². The van der Waals surface area contributed by atoms with Crippen LogP contribution in [-0.4, -0.2) is 54.8 Å². The average Bonchev–Trinajstić information content (AvgIpc) is 3.32. The Labute approximate surface area is 179 Å². The molecule has 6 heteroatoms. The Hall–Kier alpha value is -2.60. The summed E-state index contributed by atoms with van der Waals surface area (Å²) in [7, 11) is 0. The van der Waals surface area contributed by atoms with Crippen molar-refractivity contribution in [2.24, 2.45) is 0 Å². The molecule has 2 amide bonds. The molecule has 1 aromatic carbocycles.